The molecule has 0 aliphatic heterocycles. The summed E-state index contributed by atoms with van der Waals surface area (Å²) in [6.07, 6.45) is 13.4. The van der Waals surface area contributed by atoms with E-state index in [9.17, 15) is 0 Å². The van der Waals surface area contributed by atoms with Crippen LogP contribution in [-0.2, 0) is 6.54 Å². The highest BCUT2D eigenvalue weighted by Gasteiger charge is 1.96. The number of pyridine rings is 1. The van der Waals surface area contributed by atoms with E-state index in [0.29, 0.717) is 0 Å². The van der Waals surface area contributed by atoms with Gasteiger partial charge in [0.15, 0.2) is 0 Å². The van der Waals surface area contributed by atoms with E-state index in [0.717, 1.165) is 13.1 Å². The van der Waals surface area contributed by atoms with Crippen LogP contribution >= 0.6 is 0 Å². The number of hydrogen-bond donors (Lipinski definition) is 1. The fourth-order valence-electron chi connectivity index (χ4n) is 2.11. The second-order valence-electron chi connectivity index (χ2n) is 5.10. The normalized spacial score (nSPS) is 10.8. The summed E-state index contributed by atoms with van der Waals surface area (Å²) >= 11 is 0. The average molecular weight is 248 g/mol. The van der Waals surface area contributed by atoms with E-state index < -0.39 is 0 Å². The number of unbranched alkanes of at least 4 members (excludes halogenated alkanes) is 6. The van der Waals surface area contributed by atoms with E-state index in [1.54, 1.807) is 0 Å². The van der Waals surface area contributed by atoms with Crippen molar-refractivity contribution < 1.29 is 0 Å². The molecule has 0 fully saturated rings. The quantitative estimate of drug-likeness (QED) is 0.627. The minimum absolute atomic E-state index is 0.954. The van der Waals surface area contributed by atoms with Crippen LogP contribution in [0.2, 0.25) is 0 Å². The van der Waals surface area contributed by atoms with Crippen LogP contribution < -0.4 is 5.32 Å². The van der Waals surface area contributed by atoms with E-state index in [1.807, 2.05) is 12.4 Å². The van der Waals surface area contributed by atoms with Crippen molar-refractivity contribution in [2.24, 2.45) is 0 Å². The van der Waals surface area contributed by atoms with E-state index in [2.05, 4.69) is 30.2 Å². The molecule has 102 valence electrons. The summed E-state index contributed by atoms with van der Waals surface area (Å²) < 4.78 is 0. The Bertz CT molecular complexity index is 310. The van der Waals surface area contributed by atoms with Crippen molar-refractivity contribution in [1.29, 1.82) is 0 Å². The third kappa shape index (κ3) is 6.75. The van der Waals surface area contributed by atoms with Gasteiger partial charge >= 0.3 is 0 Å². The molecule has 0 amide bonds. The highest BCUT2D eigenvalue weighted by Crippen LogP contribution is 2.07. The highest BCUT2D eigenvalue weighted by atomic mass is 14.8. The zero-order chi connectivity index (χ0) is 13.1. The first-order valence-corrected chi connectivity index (χ1v) is 7.44. The molecule has 2 nitrogen and oxygen atoms in total. The van der Waals surface area contributed by atoms with Crippen LogP contribution in [-0.4, -0.2) is 11.5 Å². The van der Waals surface area contributed by atoms with Gasteiger partial charge in [0.1, 0.15) is 0 Å². The van der Waals surface area contributed by atoms with Crippen LogP contribution in [0.4, 0.5) is 0 Å². The van der Waals surface area contributed by atoms with Crippen molar-refractivity contribution in [2.45, 2.75) is 65.3 Å². The van der Waals surface area contributed by atoms with E-state index in [-0.39, 0.29) is 0 Å². The zero-order valence-corrected chi connectivity index (χ0v) is 12.0. The standard InChI is InChI=1S/C16H28N2/c1-3-4-5-6-7-8-9-11-17-13-16-14-18-12-10-15(16)2/h10,12,14,17H,3-9,11,13H2,1-2H3. The predicted molar refractivity (Wildman–Crippen MR) is 78.7 cm³/mol. The third-order valence-electron chi connectivity index (χ3n) is 3.42. The minimum atomic E-state index is 0.954. The van der Waals surface area contributed by atoms with E-state index in [1.165, 1.54) is 56.1 Å². The molecule has 1 aromatic heterocycles. The SMILES string of the molecule is CCCCCCCCCNCc1cnccc1C. The number of hydrogen-bond acceptors (Lipinski definition) is 2. The smallest absolute Gasteiger partial charge is 0.0315 e. The molecule has 18 heavy (non-hydrogen) atoms. The third-order valence-corrected chi connectivity index (χ3v) is 3.42. The van der Waals surface area contributed by atoms with Gasteiger partial charge in [-0.3, -0.25) is 4.98 Å². The maximum absolute atomic E-state index is 4.16. The molecular formula is C16H28N2. The molecule has 0 unspecified atom stereocenters. The lowest BCUT2D eigenvalue weighted by Gasteiger charge is -2.07. The van der Waals surface area contributed by atoms with Gasteiger partial charge in [-0.05, 0) is 37.1 Å². The monoisotopic (exact) mass is 248 g/mol. The summed E-state index contributed by atoms with van der Waals surface area (Å²) in [6, 6.07) is 2.07. The topological polar surface area (TPSA) is 24.9 Å². The number of aromatic nitrogens is 1. The first-order chi connectivity index (χ1) is 8.84. The van der Waals surface area contributed by atoms with Crippen molar-refractivity contribution in [3.8, 4) is 0 Å². The summed E-state index contributed by atoms with van der Waals surface area (Å²) in [6.45, 7) is 6.49. The van der Waals surface area contributed by atoms with Gasteiger partial charge in [0.25, 0.3) is 0 Å². The Balaban J connectivity index is 1.94. The van der Waals surface area contributed by atoms with Gasteiger partial charge in [-0.2, -0.15) is 0 Å². The first kappa shape index (κ1) is 15.2. The Morgan fingerprint density at radius 3 is 2.50 bits per heavy atom. The van der Waals surface area contributed by atoms with E-state index >= 15 is 0 Å². The molecule has 0 saturated carbocycles. The highest BCUT2D eigenvalue weighted by molar-refractivity contribution is 5.20. The Hall–Kier alpha value is -0.890. The lowest BCUT2D eigenvalue weighted by atomic mass is 10.1. The number of rotatable bonds is 10. The maximum Gasteiger partial charge on any atom is 0.0315 e. The Labute approximate surface area is 112 Å². The molecule has 0 aliphatic carbocycles. The molecule has 1 rings (SSSR count). The van der Waals surface area contributed by atoms with Gasteiger partial charge in [-0.1, -0.05) is 45.4 Å². The van der Waals surface area contributed by atoms with Gasteiger partial charge < -0.3 is 5.32 Å². The Morgan fingerprint density at radius 1 is 1.06 bits per heavy atom. The van der Waals surface area contributed by atoms with Crippen LogP contribution in [0.25, 0.3) is 0 Å². The second-order valence-corrected chi connectivity index (χ2v) is 5.10. The number of nitrogens with one attached hydrogen (secondary N) is 1. The molecule has 0 aromatic carbocycles. The fourth-order valence-corrected chi connectivity index (χ4v) is 2.11. The second kappa shape index (κ2) is 10.1. The van der Waals surface area contributed by atoms with Gasteiger partial charge in [0, 0.05) is 18.9 Å². The number of aryl methyl sites for hydroxylation is 1. The van der Waals surface area contributed by atoms with Crippen molar-refractivity contribution in [3.63, 3.8) is 0 Å². The molecule has 1 N–H and O–H groups in total. The molecule has 0 radical (unpaired) electrons. The van der Waals surface area contributed by atoms with Crippen LogP contribution in [0.5, 0.6) is 0 Å². The molecule has 2 heteroatoms. The van der Waals surface area contributed by atoms with Gasteiger partial charge in [0.05, 0.1) is 0 Å². The molecule has 1 heterocycles. The van der Waals surface area contributed by atoms with Crippen LogP contribution in [0.3, 0.4) is 0 Å². The predicted octanol–water partition coefficient (Wildman–Crippen LogP) is 4.23. The molecule has 0 aliphatic rings. The van der Waals surface area contributed by atoms with Gasteiger partial charge in [-0.15, -0.1) is 0 Å². The lowest BCUT2D eigenvalue weighted by molar-refractivity contribution is 0.562. The molecule has 0 spiro atoms. The summed E-state index contributed by atoms with van der Waals surface area (Å²) in [5.74, 6) is 0. The van der Waals surface area contributed by atoms with Crippen molar-refractivity contribution >= 4 is 0 Å². The molecule has 0 saturated heterocycles. The largest absolute Gasteiger partial charge is 0.313 e. The summed E-state index contributed by atoms with van der Waals surface area (Å²) in [5, 5.41) is 3.50. The maximum atomic E-state index is 4.16. The Kier molecular flexibility index (Phi) is 8.49. The van der Waals surface area contributed by atoms with Crippen LogP contribution in [0.15, 0.2) is 18.5 Å². The van der Waals surface area contributed by atoms with Crippen molar-refractivity contribution in [2.75, 3.05) is 6.54 Å². The Morgan fingerprint density at radius 2 is 1.78 bits per heavy atom. The summed E-state index contributed by atoms with van der Waals surface area (Å²) in [5.41, 5.74) is 2.65. The summed E-state index contributed by atoms with van der Waals surface area (Å²) in [4.78, 5) is 4.16. The fraction of sp³-hybridized carbons (Fsp3) is 0.688. The minimum Gasteiger partial charge on any atom is -0.313 e. The van der Waals surface area contributed by atoms with Crippen LogP contribution in [0, 0.1) is 6.92 Å². The van der Waals surface area contributed by atoms with Crippen molar-refractivity contribution in [3.05, 3.63) is 29.6 Å². The van der Waals surface area contributed by atoms with Gasteiger partial charge in [0.2, 0.25) is 0 Å². The molecule has 0 atom stereocenters. The zero-order valence-electron chi connectivity index (χ0n) is 12.0. The summed E-state index contributed by atoms with van der Waals surface area (Å²) in [7, 11) is 0. The molecular weight excluding hydrogens is 220 g/mol. The number of nitrogens with zero attached hydrogens (tertiary/aromatic N) is 1. The lowest BCUT2D eigenvalue weighted by Crippen LogP contribution is -2.15. The van der Waals surface area contributed by atoms with Crippen LogP contribution in [0.1, 0.15) is 63.0 Å². The van der Waals surface area contributed by atoms with Gasteiger partial charge in [-0.25, -0.2) is 0 Å². The first-order valence-electron chi connectivity index (χ1n) is 7.44. The molecule has 0 bridgehead atoms. The molecule has 1 aromatic rings. The van der Waals surface area contributed by atoms with Crippen molar-refractivity contribution in [1.82, 2.24) is 10.3 Å². The van der Waals surface area contributed by atoms with E-state index in [4.69, 9.17) is 0 Å². The average Bonchev–Trinajstić information content (AvgIpc) is 2.39.